The Morgan fingerprint density at radius 3 is 2.61 bits per heavy atom. The van der Waals surface area contributed by atoms with E-state index in [1.807, 2.05) is 6.92 Å². The largest absolute Gasteiger partial charge is 0.376 e. The number of amides is 1. The zero-order chi connectivity index (χ0) is 13.1. The number of carbonyl (C=O) groups excluding carboxylic acids is 1. The molecule has 0 spiro atoms. The Labute approximate surface area is 116 Å². The Hall–Kier alpha value is -0.770. The first-order valence-corrected chi connectivity index (χ1v) is 6.70. The number of carbonyl (C=O) groups is 1. The first kappa shape index (κ1) is 13.7. The van der Waals surface area contributed by atoms with Gasteiger partial charge in [0.05, 0.1) is 12.1 Å². The van der Waals surface area contributed by atoms with E-state index in [1.54, 1.807) is 18.2 Å². The summed E-state index contributed by atoms with van der Waals surface area (Å²) in [6.45, 7) is 2.72. The summed E-state index contributed by atoms with van der Waals surface area (Å²) in [5.41, 5.74) is 0.470. The van der Waals surface area contributed by atoms with Crippen molar-refractivity contribution >= 4 is 29.1 Å². The highest BCUT2D eigenvalue weighted by Crippen LogP contribution is 2.20. The second kappa shape index (κ2) is 5.91. The van der Waals surface area contributed by atoms with Crippen LogP contribution < -0.4 is 5.32 Å². The van der Waals surface area contributed by atoms with E-state index in [9.17, 15) is 4.79 Å². The van der Waals surface area contributed by atoms with Crippen LogP contribution in [-0.4, -0.2) is 24.7 Å². The average Bonchev–Trinajstić information content (AvgIpc) is 2.80. The van der Waals surface area contributed by atoms with Crippen molar-refractivity contribution in [3.05, 3.63) is 33.8 Å². The van der Waals surface area contributed by atoms with E-state index in [0.717, 1.165) is 19.4 Å². The van der Waals surface area contributed by atoms with Gasteiger partial charge in [0.1, 0.15) is 0 Å². The Balaban J connectivity index is 2.02. The molecule has 0 aromatic heterocycles. The molecule has 2 atom stereocenters. The van der Waals surface area contributed by atoms with Gasteiger partial charge in [-0.25, -0.2) is 0 Å². The summed E-state index contributed by atoms with van der Waals surface area (Å²) in [5, 5.41) is 3.82. The molecule has 3 nitrogen and oxygen atoms in total. The highest BCUT2D eigenvalue weighted by Gasteiger charge is 2.24. The van der Waals surface area contributed by atoms with Gasteiger partial charge in [0.2, 0.25) is 0 Å². The molecule has 1 aliphatic heterocycles. The zero-order valence-electron chi connectivity index (χ0n) is 10.1. The summed E-state index contributed by atoms with van der Waals surface area (Å²) < 4.78 is 5.53. The smallest absolute Gasteiger partial charge is 0.251 e. The van der Waals surface area contributed by atoms with E-state index < -0.39 is 0 Å². The monoisotopic (exact) mass is 287 g/mol. The van der Waals surface area contributed by atoms with E-state index in [1.165, 1.54) is 0 Å². The summed E-state index contributed by atoms with van der Waals surface area (Å²) in [4.78, 5) is 12.0. The van der Waals surface area contributed by atoms with E-state index in [4.69, 9.17) is 27.9 Å². The standard InChI is InChI=1S/C13H15Cl2NO2/c1-8(12-3-2-4-18-12)16-13(17)9-5-10(14)7-11(15)6-9/h5-8,12H,2-4H2,1H3,(H,16,17)/t8-,12-/m0/s1. The van der Waals surface area contributed by atoms with Gasteiger partial charge in [-0.15, -0.1) is 0 Å². The van der Waals surface area contributed by atoms with Crippen LogP contribution in [0.1, 0.15) is 30.1 Å². The van der Waals surface area contributed by atoms with Crippen LogP contribution in [0.5, 0.6) is 0 Å². The molecular weight excluding hydrogens is 273 g/mol. The Bertz CT molecular complexity index is 424. The normalized spacial score (nSPS) is 20.7. The Morgan fingerprint density at radius 1 is 1.39 bits per heavy atom. The van der Waals surface area contributed by atoms with Crippen LogP contribution in [-0.2, 0) is 4.74 Å². The molecule has 1 amide bonds. The molecule has 1 aromatic rings. The van der Waals surface area contributed by atoms with Crippen LogP contribution in [0.2, 0.25) is 10.0 Å². The van der Waals surface area contributed by atoms with Gasteiger partial charge in [-0.05, 0) is 38.0 Å². The molecule has 5 heteroatoms. The van der Waals surface area contributed by atoms with Crippen LogP contribution in [0.25, 0.3) is 0 Å². The van der Waals surface area contributed by atoms with Gasteiger partial charge >= 0.3 is 0 Å². The molecule has 0 radical (unpaired) electrons. The van der Waals surface area contributed by atoms with E-state index >= 15 is 0 Å². The summed E-state index contributed by atoms with van der Waals surface area (Å²) >= 11 is 11.7. The van der Waals surface area contributed by atoms with Crippen molar-refractivity contribution in [2.24, 2.45) is 0 Å². The number of benzene rings is 1. The fourth-order valence-corrected chi connectivity index (χ4v) is 2.59. The summed E-state index contributed by atoms with van der Waals surface area (Å²) in [7, 11) is 0. The number of rotatable bonds is 3. The van der Waals surface area contributed by atoms with Gasteiger partial charge in [-0.2, -0.15) is 0 Å². The van der Waals surface area contributed by atoms with Crippen molar-refractivity contribution in [3.8, 4) is 0 Å². The van der Waals surface area contributed by atoms with Crippen LogP contribution in [0, 0.1) is 0 Å². The van der Waals surface area contributed by atoms with Gasteiger partial charge in [0.15, 0.2) is 0 Å². The van der Waals surface area contributed by atoms with Crippen molar-refractivity contribution in [2.75, 3.05) is 6.61 Å². The molecule has 1 N–H and O–H groups in total. The maximum absolute atomic E-state index is 12.0. The summed E-state index contributed by atoms with van der Waals surface area (Å²) in [5.74, 6) is -0.178. The average molecular weight is 288 g/mol. The molecule has 18 heavy (non-hydrogen) atoms. The first-order chi connectivity index (χ1) is 8.56. The SMILES string of the molecule is C[C@H](NC(=O)c1cc(Cl)cc(Cl)c1)[C@@H]1CCCO1. The number of hydrogen-bond donors (Lipinski definition) is 1. The van der Waals surface area contributed by atoms with Crippen LogP contribution in [0.4, 0.5) is 0 Å². The highest BCUT2D eigenvalue weighted by atomic mass is 35.5. The molecule has 0 saturated carbocycles. The highest BCUT2D eigenvalue weighted by molar-refractivity contribution is 6.35. The summed E-state index contributed by atoms with van der Waals surface area (Å²) in [6, 6.07) is 4.79. The van der Waals surface area contributed by atoms with Crippen LogP contribution in [0.15, 0.2) is 18.2 Å². The predicted octanol–water partition coefficient (Wildman–Crippen LogP) is 3.29. The molecule has 1 saturated heterocycles. The Morgan fingerprint density at radius 2 is 2.06 bits per heavy atom. The molecule has 2 rings (SSSR count). The van der Waals surface area contributed by atoms with Crippen molar-refractivity contribution in [3.63, 3.8) is 0 Å². The molecule has 0 bridgehead atoms. The van der Waals surface area contributed by atoms with Gasteiger partial charge in [-0.1, -0.05) is 23.2 Å². The lowest BCUT2D eigenvalue weighted by atomic mass is 10.1. The minimum atomic E-state index is -0.178. The fourth-order valence-electron chi connectivity index (χ4n) is 2.06. The second-order valence-electron chi connectivity index (χ2n) is 4.47. The maximum atomic E-state index is 12.0. The van der Waals surface area contributed by atoms with Gasteiger partial charge in [0, 0.05) is 22.2 Å². The number of hydrogen-bond acceptors (Lipinski definition) is 2. The third-order valence-corrected chi connectivity index (χ3v) is 3.44. The molecular formula is C13H15Cl2NO2. The quantitative estimate of drug-likeness (QED) is 0.926. The lowest BCUT2D eigenvalue weighted by molar-refractivity contribution is 0.0712. The molecule has 98 valence electrons. The van der Waals surface area contributed by atoms with Crippen molar-refractivity contribution < 1.29 is 9.53 Å². The first-order valence-electron chi connectivity index (χ1n) is 5.95. The third-order valence-electron chi connectivity index (χ3n) is 3.01. The van der Waals surface area contributed by atoms with Gasteiger partial charge in [-0.3, -0.25) is 4.79 Å². The Kier molecular flexibility index (Phi) is 4.49. The summed E-state index contributed by atoms with van der Waals surface area (Å²) in [6.07, 6.45) is 2.13. The molecule has 1 fully saturated rings. The lowest BCUT2D eigenvalue weighted by Crippen LogP contribution is -2.40. The maximum Gasteiger partial charge on any atom is 0.251 e. The molecule has 1 aromatic carbocycles. The van der Waals surface area contributed by atoms with Crippen molar-refractivity contribution in [1.29, 1.82) is 0 Å². The van der Waals surface area contributed by atoms with Crippen molar-refractivity contribution in [2.45, 2.75) is 31.9 Å². The van der Waals surface area contributed by atoms with Crippen LogP contribution >= 0.6 is 23.2 Å². The fraction of sp³-hybridized carbons (Fsp3) is 0.462. The number of halogens is 2. The zero-order valence-corrected chi connectivity index (χ0v) is 11.6. The van der Waals surface area contributed by atoms with E-state index in [0.29, 0.717) is 15.6 Å². The molecule has 1 heterocycles. The van der Waals surface area contributed by atoms with E-state index in [-0.39, 0.29) is 18.1 Å². The minimum Gasteiger partial charge on any atom is -0.376 e. The van der Waals surface area contributed by atoms with Crippen LogP contribution in [0.3, 0.4) is 0 Å². The predicted molar refractivity (Wildman–Crippen MR) is 72.4 cm³/mol. The second-order valence-corrected chi connectivity index (χ2v) is 5.34. The molecule has 1 aliphatic rings. The topological polar surface area (TPSA) is 38.3 Å². The molecule has 0 unspecified atom stereocenters. The lowest BCUT2D eigenvalue weighted by Gasteiger charge is -2.20. The minimum absolute atomic E-state index is 0.0160. The number of ether oxygens (including phenoxy) is 1. The number of nitrogens with one attached hydrogen (secondary N) is 1. The van der Waals surface area contributed by atoms with Gasteiger partial charge < -0.3 is 10.1 Å². The van der Waals surface area contributed by atoms with Gasteiger partial charge in [0.25, 0.3) is 5.91 Å². The van der Waals surface area contributed by atoms with Crippen molar-refractivity contribution in [1.82, 2.24) is 5.32 Å². The van der Waals surface area contributed by atoms with E-state index in [2.05, 4.69) is 5.32 Å². The third kappa shape index (κ3) is 3.37. The molecule has 0 aliphatic carbocycles.